The number of aliphatic imine (C=N–C) groups is 1. The highest BCUT2D eigenvalue weighted by molar-refractivity contribution is 14.0. The van der Waals surface area contributed by atoms with Crippen molar-refractivity contribution in [2.24, 2.45) is 10.7 Å². The van der Waals surface area contributed by atoms with Crippen molar-refractivity contribution in [1.29, 1.82) is 0 Å². The molecule has 0 aliphatic rings. The summed E-state index contributed by atoms with van der Waals surface area (Å²) in [7, 11) is 1.57. The number of benzene rings is 1. The van der Waals surface area contributed by atoms with Crippen LogP contribution >= 0.6 is 35.6 Å². The zero-order chi connectivity index (χ0) is 15.2. The number of rotatable bonds is 5. The molecule has 0 spiro atoms. The zero-order valence-electron chi connectivity index (χ0n) is 12.4. The van der Waals surface area contributed by atoms with E-state index in [0.717, 1.165) is 17.8 Å². The minimum atomic E-state index is 0. The highest BCUT2D eigenvalue weighted by Crippen LogP contribution is 2.26. The van der Waals surface area contributed by atoms with E-state index >= 15 is 0 Å². The number of halogens is 2. The van der Waals surface area contributed by atoms with Crippen LogP contribution in [0.1, 0.15) is 12.5 Å². The second-order valence-electron chi connectivity index (χ2n) is 4.38. The van der Waals surface area contributed by atoms with E-state index in [1.807, 2.05) is 23.9 Å². The normalized spacial score (nSPS) is 11.0. The fourth-order valence-electron chi connectivity index (χ4n) is 1.77. The minimum absolute atomic E-state index is 0. The van der Waals surface area contributed by atoms with Crippen molar-refractivity contribution in [1.82, 2.24) is 9.78 Å². The highest BCUT2D eigenvalue weighted by atomic mass is 127. The number of ether oxygens (including phenoxy) is 1. The Hall–Kier alpha value is -1.48. The van der Waals surface area contributed by atoms with Gasteiger partial charge in [0.15, 0.2) is 5.96 Å². The third-order valence-electron chi connectivity index (χ3n) is 2.87. The molecule has 3 N–H and O–H groups in total. The summed E-state index contributed by atoms with van der Waals surface area (Å²) in [5.74, 6) is 0.935. The lowest BCUT2D eigenvalue weighted by Gasteiger charge is -2.08. The molecule has 1 aromatic carbocycles. The first kappa shape index (κ1) is 18.6. The van der Waals surface area contributed by atoms with Gasteiger partial charge in [-0.3, -0.25) is 4.68 Å². The van der Waals surface area contributed by atoms with E-state index in [2.05, 4.69) is 15.4 Å². The molecule has 0 saturated carbocycles. The molecule has 1 aromatic heterocycles. The van der Waals surface area contributed by atoms with Crippen LogP contribution in [0.25, 0.3) is 0 Å². The summed E-state index contributed by atoms with van der Waals surface area (Å²) in [4.78, 5) is 4.27. The van der Waals surface area contributed by atoms with Crippen molar-refractivity contribution in [2.45, 2.75) is 20.0 Å². The van der Waals surface area contributed by atoms with Crippen LogP contribution in [-0.2, 0) is 13.1 Å². The Morgan fingerprint density at radius 1 is 1.50 bits per heavy atom. The second-order valence-corrected chi connectivity index (χ2v) is 4.79. The first-order chi connectivity index (χ1) is 10.1. The van der Waals surface area contributed by atoms with Gasteiger partial charge in [-0.15, -0.1) is 24.0 Å². The standard InChI is InChI=1S/C14H18ClN5O.HI/c1-3-20-9-10(8-18-20)7-17-14(16)19-11-4-5-13(21-2)12(15)6-11;/h4-6,8-9H,3,7H2,1-2H3,(H3,16,17,19);1H. The van der Waals surface area contributed by atoms with Gasteiger partial charge in [0.2, 0.25) is 0 Å². The summed E-state index contributed by atoms with van der Waals surface area (Å²) >= 11 is 6.05. The van der Waals surface area contributed by atoms with Crippen molar-refractivity contribution >= 4 is 47.2 Å². The van der Waals surface area contributed by atoms with Crippen molar-refractivity contribution < 1.29 is 4.74 Å². The number of hydrogen-bond acceptors (Lipinski definition) is 3. The predicted octanol–water partition coefficient (Wildman–Crippen LogP) is 3.11. The van der Waals surface area contributed by atoms with Gasteiger partial charge in [0, 0.05) is 24.0 Å². The van der Waals surface area contributed by atoms with Gasteiger partial charge >= 0.3 is 0 Å². The van der Waals surface area contributed by atoms with Crippen LogP contribution in [0.4, 0.5) is 5.69 Å². The largest absolute Gasteiger partial charge is 0.495 e. The molecule has 6 nitrogen and oxygen atoms in total. The Morgan fingerprint density at radius 2 is 2.27 bits per heavy atom. The summed E-state index contributed by atoms with van der Waals surface area (Å²) in [5.41, 5.74) is 7.62. The Bertz CT molecular complexity index is 644. The summed E-state index contributed by atoms with van der Waals surface area (Å²) in [5, 5.41) is 7.68. The maximum absolute atomic E-state index is 6.05. The highest BCUT2D eigenvalue weighted by Gasteiger charge is 2.03. The molecular weight excluding hydrogens is 417 g/mol. The second kappa shape index (κ2) is 8.84. The number of nitrogens with two attached hydrogens (primary N) is 1. The van der Waals surface area contributed by atoms with E-state index in [0.29, 0.717) is 23.3 Å². The van der Waals surface area contributed by atoms with Crippen molar-refractivity contribution in [3.8, 4) is 5.75 Å². The molecule has 0 atom stereocenters. The van der Waals surface area contributed by atoms with Gasteiger partial charge in [0.25, 0.3) is 0 Å². The Morgan fingerprint density at radius 3 is 2.86 bits per heavy atom. The summed E-state index contributed by atoms with van der Waals surface area (Å²) in [6.45, 7) is 3.34. The van der Waals surface area contributed by atoms with E-state index in [1.54, 1.807) is 25.4 Å². The topological polar surface area (TPSA) is 77.5 Å². The Labute approximate surface area is 151 Å². The van der Waals surface area contributed by atoms with Crippen molar-refractivity contribution in [3.63, 3.8) is 0 Å². The zero-order valence-corrected chi connectivity index (χ0v) is 15.5. The first-order valence-electron chi connectivity index (χ1n) is 6.54. The summed E-state index contributed by atoms with van der Waals surface area (Å²) < 4.78 is 6.94. The number of aryl methyl sites for hydroxylation is 1. The maximum atomic E-state index is 6.05. The molecule has 2 rings (SSSR count). The molecule has 0 fully saturated rings. The number of anilines is 1. The molecule has 22 heavy (non-hydrogen) atoms. The molecule has 0 saturated heterocycles. The van der Waals surface area contributed by atoms with E-state index < -0.39 is 0 Å². The quantitative estimate of drug-likeness (QED) is 0.430. The van der Waals surface area contributed by atoms with Gasteiger partial charge in [-0.2, -0.15) is 5.10 Å². The van der Waals surface area contributed by atoms with Crippen LogP contribution in [-0.4, -0.2) is 22.8 Å². The van der Waals surface area contributed by atoms with Crippen molar-refractivity contribution in [2.75, 3.05) is 12.4 Å². The maximum Gasteiger partial charge on any atom is 0.193 e. The average molecular weight is 436 g/mol. The molecule has 0 unspecified atom stereocenters. The van der Waals surface area contributed by atoms with E-state index in [4.69, 9.17) is 22.1 Å². The van der Waals surface area contributed by atoms with Crippen molar-refractivity contribution in [3.05, 3.63) is 41.2 Å². The van der Waals surface area contributed by atoms with Crippen LogP contribution in [0, 0.1) is 0 Å². The monoisotopic (exact) mass is 435 g/mol. The molecule has 120 valence electrons. The number of guanidine groups is 1. The third-order valence-corrected chi connectivity index (χ3v) is 3.16. The SMILES string of the molecule is CCn1cc(CN=C(N)Nc2ccc(OC)c(Cl)c2)cn1.I. The van der Waals surface area contributed by atoms with Crippen LogP contribution in [0.3, 0.4) is 0 Å². The van der Waals surface area contributed by atoms with Gasteiger partial charge in [-0.25, -0.2) is 4.99 Å². The molecule has 0 aliphatic heterocycles. The molecule has 0 aliphatic carbocycles. The van der Waals surface area contributed by atoms with Crippen LogP contribution in [0.15, 0.2) is 35.6 Å². The Balaban J connectivity index is 0.00000242. The van der Waals surface area contributed by atoms with E-state index in [9.17, 15) is 0 Å². The number of methoxy groups -OCH3 is 1. The predicted molar refractivity (Wildman–Crippen MR) is 100 cm³/mol. The third kappa shape index (κ3) is 5.06. The molecule has 8 heteroatoms. The van der Waals surface area contributed by atoms with Gasteiger partial charge < -0.3 is 15.8 Å². The van der Waals surface area contributed by atoms with Gasteiger partial charge in [0.1, 0.15) is 5.75 Å². The number of nitrogens with zero attached hydrogens (tertiary/aromatic N) is 3. The smallest absolute Gasteiger partial charge is 0.193 e. The van der Waals surface area contributed by atoms with Crippen LogP contribution in [0.5, 0.6) is 5.75 Å². The lowest BCUT2D eigenvalue weighted by molar-refractivity contribution is 0.415. The minimum Gasteiger partial charge on any atom is -0.495 e. The lowest BCUT2D eigenvalue weighted by Crippen LogP contribution is -2.22. The molecule has 1 heterocycles. The number of aromatic nitrogens is 2. The van der Waals surface area contributed by atoms with Crippen LogP contribution in [0.2, 0.25) is 5.02 Å². The van der Waals surface area contributed by atoms with Gasteiger partial charge in [-0.1, -0.05) is 11.6 Å². The van der Waals surface area contributed by atoms with E-state index in [-0.39, 0.29) is 24.0 Å². The number of hydrogen-bond donors (Lipinski definition) is 2. The number of nitrogens with one attached hydrogen (secondary N) is 1. The summed E-state index contributed by atoms with van der Waals surface area (Å²) in [6, 6.07) is 5.32. The fraction of sp³-hybridized carbons (Fsp3) is 0.286. The summed E-state index contributed by atoms with van der Waals surface area (Å²) in [6.07, 6.45) is 3.73. The molecule has 2 aromatic rings. The average Bonchev–Trinajstić information content (AvgIpc) is 2.93. The lowest BCUT2D eigenvalue weighted by atomic mass is 10.3. The molecule has 0 radical (unpaired) electrons. The molecule has 0 bridgehead atoms. The molecular formula is C14H19ClIN5O. The van der Waals surface area contributed by atoms with Gasteiger partial charge in [0.05, 0.1) is 24.9 Å². The first-order valence-corrected chi connectivity index (χ1v) is 6.92. The van der Waals surface area contributed by atoms with Crippen LogP contribution < -0.4 is 15.8 Å². The Kier molecular flexibility index (Phi) is 7.46. The van der Waals surface area contributed by atoms with Gasteiger partial charge in [-0.05, 0) is 25.1 Å². The fourth-order valence-corrected chi connectivity index (χ4v) is 2.03. The van der Waals surface area contributed by atoms with E-state index in [1.165, 1.54) is 0 Å². The molecule has 0 amide bonds.